The first-order valence-electron chi connectivity index (χ1n) is 17.1. The SMILES string of the molecule is CCC(=C(c1ccc(OCCN2CCCCCC2)cc1)c1ccc(OCCN2CCCCCC2)cc1)c1cccc(C(=O)O)c1. The molecule has 0 radical (unpaired) electrons. The van der Waals surface area contributed by atoms with Crippen molar-refractivity contribution in [2.24, 2.45) is 0 Å². The van der Waals surface area contributed by atoms with Crippen molar-refractivity contribution in [3.8, 4) is 11.5 Å². The summed E-state index contributed by atoms with van der Waals surface area (Å²) in [5.74, 6) is 0.816. The van der Waals surface area contributed by atoms with Gasteiger partial charge in [-0.05, 0) is 123 Å². The van der Waals surface area contributed by atoms with E-state index < -0.39 is 5.97 Å². The van der Waals surface area contributed by atoms with E-state index in [4.69, 9.17) is 9.47 Å². The van der Waals surface area contributed by atoms with Crippen LogP contribution in [0.25, 0.3) is 11.1 Å². The largest absolute Gasteiger partial charge is 0.492 e. The topological polar surface area (TPSA) is 62.2 Å². The summed E-state index contributed by atoms with van der Waals surface area (Å²) in [6.07, 6.45) is 11.2. The first-order valence-corrected chi connectivity index (χ1v) is 17.1. The van der Waals surface area contributed by atoms with Crippen molar-refractivity contribution in [3.63, 3.8) is 0 Å². The lowest BCUT2D eigenvalue weighted by atomic mass is 9.87. The summed E-state index contributed by atoms with van der Waals surface area (Å²) in [7, 11) is 0. The Hall–Kier alpha value is -3.61. The quantitative estimate of drug-likeness (QED) is 0.197. The van der Waals surface area contributed by atoms with E-state index in [0.29, 0.717) is 18.8 Å². The summed E-state index contributed by atoms with van der Waals surface area (Å²) in [6.45, 7) is 10.1. The van der Waals surface area contributed by atoms with Gasteiger partial charge >= 0.3 is 5.97 Å². The van der Waals surface area contributed by atoms with Gasteiger partial charge in [-0.1, -0.05) is 69.0 Å². The van der Waals surface area contributed by atoms with Gasteiger partial charge in [0.15, 0.2) is 0 Å². The normalized spacial score (nSPS) is 16.4. The van der Waals surface area contributed by atoms with Gasteiger partial charge in [0, 0.05) is 13.1 Å². The Balaban J connectivity index is 1.35. The molecular weight excluding hydrogens is 560 g/mol. The van der Waals surface area contributed by atoms with Gasteiger partial charge in [-0.3, -0.25) is 9.80 Å². The maximum atomic E-state index is 11.8. The van der Waals surface area contributed by atoms with Crippen LogP contribution in [0.5, 0.6) is 11.5 Å². The number of allylic oxidation sites excluding steroid dienone is 1. The smallest absolute Gasteiger partial charge is 0.335 e. The van der Waals surface area contributed by atoms with E-state index in [1.165, 1.54) is 77.5 Å². The molecule has 0 aliphatic carbocycles. The number of hydrogen-bond acceptors (Lipinski definition) is 5. The summed E-state index contributed by atoms with van der Waals surface area (Å²) in [4.78, 5) is 16.8. The molecule has 5 rings (SSSR count). The zero-order valence-corrected chi connectivity index (χ0v) is 27.0. The minimum atomic E-state index is -0.919. The second kappa shape index (κ2) is 17.2. The molecule has 0 unspecified atom stereocenters. The molecule has 45 heavy (non-hydrogen) atoms. The highest BCUT2D eigenvalue weighted by molar-refractivity contribution is 5.99. The van der Waals surface area contributed by atoms with Crippen molar-refractivity contribution in [2.45, 2.75) is 64.7 Å². The van der Waals surface area contributed by atoms with Gasteiger partial charge in [0.1, 0.15) is 24.7 Å². The van der Waals surface area contributed by atoms with Crippen LogP contribution in [0.3, 0.4) is 0 Å². The van der Waals surface area contributed by atoms with Gasteiger partial charge in [-0.2, -0.15) is 0 Å². The second-order valence-corrected chi connectivity index (χ2v) is 12.4. The van der Waals surface area contributed by atoms with E-state index in [-0.39, 0.29) is 0 Å². The average molecular weight is 611 g/mol. The number of benzene rings is 3. The number of rotatable bonds is 13. The molecule has 0 aromatic heterocycles. The summed E-state index contributed by atoms with van der Waals surface area (Å²) in [5, 5.41) is 9.68. The lowest BCUT2D eigenvalue weighted by Crippen LogP contribution is -2.29. The fourth-order valence-electron chi connectivity index (χ4n) is 6.62. The minimum absolute atomic E-state index is 0.291. The molecule has 3 aromatic rings. The van der Waals surface area contributed by atoms with Crippen LogP contribution in [-0.4, -0.2) is 73.4 Å². The van der Waals surface area contributed by atoms with E-state index in [2.05, 4.69) is 65.3 Å². The number of aromatic carboxylic acids is 1. The van der Waals surface area contributed by atoms with E-state index in [1.807, 2.05) is 12.1 Å². The number of nitrogens with zero attached hydrogens (tertiary/aromatic N) is 2. The molecule has 0 atom stereocenters. The molecule has 6 nitrogen and oxygen atoms in total. The van der Waals surface area contributed by atoms with Gasteiger partial charge in [0.25, 0.3) is 0 Å². The van der Waals surface area contributed by atoms with Crippen molar-refractivity contribution in [3.05, 3.63) is 95.1 Å². The van der Waals surface area contributed by atoms with E-state index in [1.54, 1.807) is 12.1 Å². The maximum Gasteiger partial charge on any atom is 0.335 e. The Morgan fingerprint density at radius 1 is 0.622 bits per heavy atom. The van der Waals surface area contributed by atoms with Crippen LogP contribution >= 0.6 is 0 Å². The van der Waals surface area contributed by atoms with Gasteiger partial charge in [0.2, 0.25) is 0 Å². The summed E-state index contributed by atoms with van der Waals surface area (Å²) in [6, 6.07) is 24.0. The number of hydrogen-bond donors (Lipinski definition) is 1. The van der Waals surface area contributed by atoms with Crippen LogP contribution in [0.15, 0.2) is 72.8 Å². The summed E-state index contributed by atoms with van der Waals surface area (Å²) in [5.41, 5.74) is 5.54. The van der Waals surface area contributed by atoms with Crippen molar-refractivity contribution >= 4 is 17.1 Å². The fraction of sp³-hybridized carbons (Fsp3) is 0.462. The van der Waals surface area contributed by atoms with Crippen LogP contribution in [0.1, 0.15) is 91.8 Å². The molecular formula is C39H50N2O4. The van der Waals surface area contributed by atoms with Crippen LogP contribution in [-0.2, 0) is 0 Å². The van der Waals surface area contributed by atoms with E-state index in [9.17, 15) is 9.90 Å². The second-order valence-electron chi connectivity index (χ2n) is 12.4. The highest BCUT2D eigenvalue weighted by Crippen LogP contribution is 2.36. The Kier molecular flexibility index (Phi) is 12.5. The molecule has 0 spiro atoms. The molecule has 3 aromatic carbocycles. The van der Waals surface area contributed by atoms with Gasteiger partial charge < -0.3 is 14.6 Å². The summed E-state index contributed by atoms with van der Waals surface area (Å²) >= 11 is 0. The Labute approximate surface area is 269 Å². The first kappa shape index (κ1) is 32.8. The van der Waals surface area contributed by atoms with E-state index in [0.717, 1.165) is 58.8 Å². The molecule has 0 saturated carbocycles. The highest BCUT2D eigenvalue weighted by Gasteiger charge is 2.16. The molecule has 0 amide bonds. The Morgan fingerprint density at radius 2 is 1.07 bits per heavy atom. The standard InChI is InChI=1S/C39H50N2O4/c1-2-37(33-12-11-13-34(30-33)39(42)43)38(31-14-18-35(19-15-31)44-28-26-40-22-7-3-4-8-23-40)32-16-20-36(21-17-32)45-29-27-41-24-9-5-6-10-25-41/h11-21,30H,2-10,22-29H2,1H3,(H,42,43). The molecule has 2 fully saturated rings. The molecule has 2 aliphatic rings. The lowest BCUT2D eigenvalue weighted by molar-refractivity contribution is 0.0697. The fourth-order valence-corrected chi connectivity index (χ4v) is 6.62. The molecule has 2 heterocycles. The predicted molar refractivity (Wildman–Crippen MR) is 183 cm³/mol. The van der Waals surface area contributed by atoms with Crippen LogP contribution in [0.4, 0.5) is 0 Å². The maximum absolute atomic E-state index is 11.8. The van der Waals surface area contributed by atoms with Crippen molar-refractivity contribution < 1.29 is 19.4 Å². The van der Waals surface area contributed by atoms with Crippen molar-refractivity contribution in [2.75, 3.05) is 52.5 Å². The number of likely N-dealkylation sites (tertiary alicyclic amines) is 2. The lowest BCUT2D eigenvalue weighted by Gasteiger charge is -2.20. The Morgan fingerprint density at radius 3 is 1.49 bits per heavy atom. The zero-order valence-electron chi connectivity index (χ0n) is 27.0. The predicted octanol–water partition coefficient (Wildman–Crippen LogP) is 8.26. The molecule has 240 valence electrons. The van der Waals surface area contributed by atoms with Crippen molar-refractivity contribution in [1.29, 1.82) is 0 Å². The third-order valence-electron chi connectivity index (χ3n) is 9.15. The molecule has 1 N–H and O–H groups in total. The first-order chi connectivity index (χ1) is 22.1. The molecule has 2 saturated heterocycles. The minimum Gasteiger partial charge on any atom is -0.492 e. The molecule has 6 heteroatoms. The van der Waals surface area contributed by atoms with Gasteiger partial charge in [-0.15, -0.1) is 0 Å². The van der Waals surface area contributed by atoms with E-state index >= 15 is 0 Å². The average Bonchev–Trinajstić information content (AvgIpc) is 3.50. The van der Waals surface area contributed by atoms with Crippen LogP contribution in [0.2, 0.25) is 0 Å². The van der Waals surface area contributed by atoms with Crippen LogP contribution in [0, 0.1) is 0 Å². The summed E-state index contributed by atoms with van der Waals surface area (Å²) < 4.78 is 12.3. The van der Waals surface area contributed by atoms with Gasteiger partial charge in [-0.25, -0.2) is 4.79 Å². The number of carboxylic acids is 1. The third kappa shape index (κ3) is 9.69. The molecule has 2 aliphatic heterocycles. The number of ether oxygens (including phenoxy) is 2. The van der Waals surface area contributed by atoms with Crippen LogP contribution < -0.4 is 9.47 Å². The number of carboxylic acid groups (broad SMARTS) is 1. The van der Waals surface area contributed by atoms with Gasteiger partial charge in [0.05, 0.1) is 5.56 Å². The zero-order chi connectivity index (χ0) is 31.3. The highest BCUT2D eigenvalue weighted by atomic mass is 16.5. The Bertz CT molecular complexity index is 1300. The molecule has 0 bridgehead atoms. The van der Waals surface area contributed by atoms with Crippen molar-refractivity contribution in [1.82, 2.24) is 9.80 Å². The number of carbonyl (C=O) groups is 1. The third-order valence-corrected chi connectivity index (χ3v) is 9.15. The monoisotopic (exact) mass is 610 g/mol.